The van der Waals surface area contributed by atoms with E-state index in [1.807, 2.05) is 11.1 Å². The Bertz CT molecular complexity index is 467. The van der Waals surface area contributed by atoms with E-state index in [0.29, 0.717) is 13.0 Å². The van der Waals surface area contributed by atoms with Gasteiger partial charge < -0.3 is 9.64 Å². The van der Waals surface area contributed by atoms with Crippen LogP contribution in [-0.4, -0.2) is 64.8 Å². The van der Waals surface area contributed by atoms with Gasteiger partial charge in [0.2, 0.25) is 5.91 Å². The molecule has 0 aliphatic carbocycles. The van der Waals surface area contributed by atoms with Gasteiger partial charge in [0.25, 0.3) is 0 Å². The Morgan fingerprint density at radius 3 is 3.05 bits per heavy atom. The number of aromatic amines is 1. The predicted molar refractivity (Wildman–Crippen MR) is 74.2 cm³/mol. The molecule has 1 aromatic rings. The molecule has 1 aromatic heterocycles. The molecule has 0 aromatic carbocycles. The van der Waals surface area contributed by atoms with Gasteiger partial charge >= 0.3 is 0 Å². The van der Waals surface area contributed by atoms with Crippen molar-refractivity contribution >= 4 is 5.91 Å². The molecule has 6 heteroatoms. The fourth-order valence-electron chi connectivity index (χ4n) is 2.96. The molecule has 3 rings (SSSR count). The van der Waals surface area contributed by atoms with Crippen LogP contribution in [0.25, 0.3) is 0 Å². The number of nitrogens with one attached hydrogen (secondary N) is 1. The number of ether oxygens (including phenoxy) is 1. The molecular weight excluding hydrogens is 256 g/mol. The van der Waals surface area contributed by atoms with Gasteiger partial charge in [0.05, 0.1) is 19.4 Å². The third-order valence-corrected chi connectivity index (χ3v) is 4.29. The van der Waals surface area contributed by atoms with E-state index in [-0.39, 0.29) is 11.9 Å². The molecule has 2 aliphatic heterocycles. The van der Waals surface area contributed by atoms with Gasteiger partial charge in [-0.1, -0.05) is 0 Å². The van der Waals surface area contributed by atoms with Gasteiger partial charge in [0.15, 0.2) is 0 Å². The number of carbonyl (C=O) groups is 1. The molecule has 2 aliphatic rings. The number of morpholine rings is 1. The predicted octanol–water partition coefficient (Wildman–Crippen LogP) is 0.405. The van der Waals surface area contributed by atoms with Crippen molar-refractivity contribution < 1.29 is 9.53 Å². The Morgan fingerprint density at radius 1 is 1.45 bits per heavy atom. The molecule has 6 nitrogen and oxygen atoms in total. The fourth-order valence-corrected chi connectivity index (χ4v) is 2.96. The minimum Gasteiger partial charge on any atom is -0.379 e. The van der Waals surface area contributed by atoms with Crippen molar-refractivity contribution in [2.45, 2.75) is 32.4 Å². The third-order valence-electron chi connectivity index (χ3n) is 4.29. The highest BCUT2D eigenvalue weighted by atomic mass is 16.5. The van der Waals surface area contributed by atoms with E-state index in [1.165, 1.54) is 5.69 Å². The lowest BCUT2D eigenvalue weighted by molar-refractivity contribution is -0.133. The van der Waals surface area contributed by atoms with E-state index in [9.17, 15) is 4.79 Å². The highest BCUT2D eigenvalue weighted by Gasteiger charge is 2.25. The zero-order valence-electron chi connectivity index (χ0n) is 12.0. The van der Waals surface area contributed by atoms with Crippen molar-refractivity contribution in [3.05, 3.63) is 17.5 Å². The summed E-state index contributed by atoms with van der Waals surface area (Å²) in [6.07, 6.45) is 3.31. The zero-order valence-corrected chi connectivity index (χ0v) is 12.0. The second kappa shape index (κ2) is 5.93. The number of rotatable bonds is 3. The highest BCUT2D eigenvalue weighted by molar-refractivity contribution is 5.77. The number of amides is 1. The number of hydrogen-bond acceptors (Lipinski definition) is 4. The molecule has 110 valence electrons. The molecule has 0 saturated carbocycles. The highest BCUT2D eigenvalue weighted by Crippen LogP contribution is 2.18. The molecule has 3 heterocycles. The summed E-state index contributed by atoms with van der Waals surface area (Å²) >= 11 is 0. The minimum atomic E-state index is 0.246. The van der Waals surface area contributed by atoms with Gasteiger partial charge in [-0.15, -0.1) is 0 Å². The van der Waals surface area contributed by atoms with E-state index in [4.69, 9.17) is 4.74 Å². The monoisotopic (exact) mass is 278 g/mol. The van der Waals surface area contributed by atoms with Gasteiger partial charge in [-0.25, -0.2) is 0 Å². The van der Waals surface area contributed by atoms with Crippen molar-refractivity contribution in [1.29, 1.82) is 0 Å². The molecule has 1 saturated heterocycles. The van der Waals surface area contributed by atoms with Crippen LogP contribution in [0, 0.1) is 0 Å². The standard InChI is InChI=1S/C14H22N4O2/c1-11(17-4-6-20-7-5-17)8-14(19)18-3-2-13-12(10-18)9-15-16-13/h9,11H,2-8,10H2,1H3,(H,15,16)/t11-/m1/s1. The van der Waals surface area contributed by atoms with Crippen LogP contribution in [0.4, 0.5) is 0 Å². The second-order valence-electron chi connectivity index (χ2n) is 5.64. The first-order valence-corrected chi connectivity index (χ1v) is 7.34. The maximum absolute atomic E-state index is 12.4. The number of hydrogen-bond donors (Lipinski definition) is 1. The summed E-state index contributed by atoms with van der Waals surface area (Å²) in [6, 6.07) is 0.289. The lowest BCUT2D eigenvalue weighted by Gasteiger charge is -2.34. The van der Waals surface area contributed by atoms with Gasteiger partial charge in [-0.3, -0.25) is 14.8 Å². The molecule has 0 bridgehead atoms. The topological polar surface area (TPSA) is 61.5 Å². The number of aromatic nitrogens is 2. The van der Waals surface area contributed by atoms with Gasteiger partial charge in [-0.2, -0.15) is 5.10 Å². The van der Waals surface area contributed by atoms with Crippen LogP contribution in [-0.2, 0) is 22.5 Å². The quantitative estimate of drug-likeness (QED) is 0.869. The normalized spacial score (nSPS) is 21.6. The van der Waals surface area contributed by atoms with E-state index < -0.39 is 0 Å². The minimum absolute atomic E-state index is 0.246. The van der Waals surface area contributed by atoms with Crippen molar-refractivity contribution in [3.8, 4) is 0 Å². The Labute approximate surface area is 119 Å². The molecule has 0 radical (unpaired) electrons. The lowest BCUT2D eigenvalue weighted by Crippen LogP contribution is -2.45. The maximum atomic E-state index is 12.4. The zero-order chi connectivity index (χ0) is 13.9. The average molecular weight is 278 g/mol. The Balaban J connectivity index is 1.54. The molecule has 0 spiro atoms. The summed E-state index contributed by atoms with van der Waals surface area (Å²) < 4.78 is 5.35. The van der Waals surface area contributed by atoms with Crippen molar-refractivity contribution in [3.63, 3.8) is 0 Å². The largest absolute Gasteiger partial charge is 0.379 e. The van der Waals surface area contributed by atoms with Crippen molar-refractivity contribution in [2.24, 2.45) is 0 Å². The summed E-state index contributed by atoms with van der Waals surface area (Å²) in [5.74, 6) is 0.246. The maximum Gasteiger partial charge on any atom is 0.224 e. The Morgan fingerprint density at radius 2 is 2.25 bits per heavy atom. The summed E-state index contributed by atoms with van der Waals surface area (Å²) in [5.41, 5.74) is 2.33. The van der Waals surface area contributed by atoms with Gasteiger partial charge in [0, 0.05) is 56.3 Å². The Kier molecular flexibility index (Phi) is 4.03. The Hall–Kier alpha value is -1.40. The average Bonchev–Trinajstić information content (AvgIpc) is 2.95. The molecule has 20 heavy (non-hydrogen) atoms. The van der Waals surface area contributed by atoms with Gasteiger partial charge in [-0.05, 0) is 6.92 Å². The SMILES string of the molecule is C[C@H](CC(=O)N1CCc2[nH]ncc2C1)N1CCOCC1. The molecule has 1 fully saturated rings. The molecule has 1 N–H and O–H groups in total. The first-order valence-electron chi connectivity index (χ1n) is 7.34. The van der Waals surface area contributed by atoms with E-state index >= 15 is 0 Å². The number of nitrogens with zero attached hydrogens (tertiary/aromatic N) is 3. The summed E-state index contributed by atoms with van der Waals surface area (Å²) in [5, 5.41) is 7.05. The van der Waals surface area contributed by atoms with Crippen LogP contribution >= 0.6 is 0 Å². The molecule has 1 atom stereocenters. The summed E-state index contributed by atoms with van der Waals surface area (Å²) in [4.78, 5) is 16.7. The van der Waals surface area contributed by atoms with E-state index in [2.05, 4.69) is 22.0 Å². The number of fused-ring (bicyclic) bond motifs is 1. The number of H-pyrrole nitrogens is 1. The van der Waals surface area contributed by atoms with Crippen LogP contribution in [0.2, 0.25) is 0 Å². The first-order chi connectivity index (χ1) is 9.74. The van der Waals surface area contributed by atoms with Crippen LogP contribution < -0.4 is 0 Å². The number of carbonyl (C=O) groups excluding carboxylic acids is 1. The van der Waals surface area contributed by atoms with Crippen LogP contribution in [0.5, 0.6) is 0 Å². The molecular formula is C14H22N4O2. The fraction of sp³-hybridized carbons (Fsp3) is 0.714. The van der Waals surface area contributed by atoms with Crippen molar-refractivity contribution in [2.75, 3.05) is 32.8 Å². The summed E-state index contributed by atoms with van der Waals surface area (Å²) in [7, 11) is 0. The first kappa shape index (κ1) is 13.6. The van der Waals surface area contributed by atoms with Gasteiger partial charge in [0.1, 0.15) is 0 Å². The van der Waals surface area contributed by atoms with E-state index in [1.54, 1.807) is 0 Å². The van der Waals surface area contributed by atoms with Crippen molar-refractivity contribution in [1.82, 2.24) is 20.0 Å². The second-order valence-corrected chi connectivity index (χ2v) is 5.64. The van der Waals surface area contributed by atoms with Crippen LogP contribution in [0.15, 0.2) is 6.20 Å². The van der Waals surface area contributed by atoms with E-state index in [0.717, 1.165) is 44.8 Å². The van der Waals surface area contributed by atoms with Crippen LogP contribution in [0.3, 0.4) is 0 Å². The lowest BCUT2D eigenvalue weighted by atomic mass is 10.1. The molecule has 1 amide bonds. The summed E-state index contributed by atoms with van der Waals surface area (Å²) in [6.45, 7) is 7.04. The van der Waals surface area contributed by atoms with Crippen LogP contribution in [0.1, 0.15) is 24.6 Å². The smallest absolute Gasteiger partial charge is 0.224 e. The molecule has 0 unspecified atom stereocenters. The third kappa shape index (κ3) is 2.86.